The summed E-state index contributed by atoms with van der Waals surface area (Å²) < 4.78 is 10.8. The third-order valence-electron chi connectivity index (χ3n) is 5.13. The Morgan fingerprint density at radius 1 is 1.27 bits per heavy atom. The fraction of sp³-hybridized carbons (Fsp3) is 0.750. The van der Waals surface area contributed by atoms with Crippen molar-refractivity contribution in [2.75, 3.05) is 39.5 Å². The lowest BCUT2D eigenvalue weighted by Gasteiger charge is -2.50. The Labute approximate surface area is 150 Å². The third-order valence-corrected chi connectivity index (χ3v) is 5.13. The Kier molecular flexibility index (Phi) is 4.84. The molecule has 5 N–H and O–H groups in total. The molecule has 4 atom stereocenters. The highest BCUT2D eigenvalue weighted by molar-refractivity contribution is 6.02. The van der Waals surface area contributed by atoms with Gasteiger partial charge in [-0.1, -0.05) is 6.58 Å². The van der Waals surface area contributed by atoms with Crippen molar-refractivity contribution < 1.29 is 34.4 Å². The molecule has 4 saturated heterocycles. The molecule has 2 amide bonds. The van der Waals surface area contributed by atoms with Gasteiger partial charge in [-0.15, -0.1) is 0 Å². The van der Waals surface area contributed by atoms with E-state index in [4.69, 9.17) is 9.47 Å². The zero-order valence-electron chi connectivity index (χ0n) is 14.7. The molecule has 0 radical (unpaired) electrons. The summed E-state index contributed by atoms with van der Waals surface area (Å²) in [6.45, 7) is 7.07. The molecule has 0 aromatic carbocycles. The monoisotopic (exact) mass is 371 g/mol. The first-order chi connectivity index (χ1) is 12.1. The van der Waals surface area contributed by atoms with Gasteiger partial charge in [0.05, 0.1) is 19.8 Å². The molecule has 4 aliphatic rings. The van der Waals surface area contributed by atoms with E-state index < -0.39 is 35.0 Å². The van der Waals surface area contributed by atoms with Crippen molar-refractivity contribution in [3.05, 3.63) is 12.2 Å². The van der Waals surface area contributed by atoms with Crippen LogP contribution in [0.5, 0.6) is 0 Å². The Hall–Kier alpha value is -1.56. The van der Waals surface area contributed by atoms with E-state index in [1.54, 1.807) is 0 Å². The number of nitrogens with one attached hydrogen (secondary N) is 2. The van der Waals surface area contributed by atoms with Crippen molar-refractivity contribution >= 4 is 11.8 Å². The van der Waals surface area contributed by atoms with Gasteiger partial charge in [0.2, 0.25) is 5.72 Å². The van der Waals surface area contributed by atoms with Crippen LogP contribution in [-0.2, 0) is 19.1 Å². The normalized spacial score (nSPS) is 36.5. The Morgan fingerprint density at radius 3 is 2.58 bits per heavy atom. The van der Waals surface area contributed by atoms with Gasteiger partial charge in [0, 0.05) is 19.6 Å². The van der Waals surface area contributed by atoms with E-state index in [1.807, 2.05) is 4.90 Å². The molecule has 0 unspecified atom stereocenters. The van der Waals surface area contributed by atoms with Gasteiger partial charge in [-0.3, -0.25) is 14.5 Å². The molecule has 4 rings (SSSR count). The van der Waals surface area contributed by atoms with Crippen LogP contribution in [0.1, 0.15) is 13.3 Å². The van der Waals surface area contributed by atoms with E-state index in [-0.39, 0.29) is 25.1 Å². The molecular weight excluding hydrogens is 346 g/mol. The maximum absolute atomic E-state index is 12.7. The molecule has 0 aliphatic carbocycles. The van der Waals surface area contributed by atoms with Gasteiger partial charge in [0.1, 0.15) is 11.7 Å². The number of carbonyl (C=O) groups is 2. The molecule has 0 aromatic rings. The van der Waals surface area contributed by atoms with E-state index in [0.717, 1.165) is 0 Å². The van der Waals surface area contributed by atoms with E-state index in [9.17, 15) is 24.9 Å². The third kappa shape index (κ3) is 3.02. The lowest BCUT2D eigenvalue weighted by atomic mass is 9.84. The van der Waals surface area contributed by atoms with E-state index >= 15 is 0 Å². The number of ether oxygens (including phenoxy) is 2. The van der Waals surface area contributed by atoms with Gasteiger partial charge in [-0.25, -0.2) is 0 Å². The number of β-amino-alcohol motifs (C(OH)–C–C–N with tert-alkyl or cyclic N) is 1. The molecule has 4 fully saturated rings. The Morgan fingerprint density at radius 2 is 1.92 bits per heavy atom. The average molecular weight is 371 g/mol. The SMILES string of the molecule is C=C1CCO[C@]2([C@@H](O)[C@@](C)(O)CN3CCOCC3)NC(=O)[C@@]1(O)NC2=O. The maximum atomic E-state index is 12.7. The van der Waals surface area contributed by atoms with E-state index in [1.165, 1.54) is 6.92 Å². The van der Waals surface area contributed by atoms with Crippen LogP contribution < -0.4 is 10.6 Å². The summed E-state index contributed by atoms with van der Waals surface area (Å²) in [5.74, 6) is -1.92. The first-order valence-electron chi connectivity index (χ1n) is 8.52. The zero-order chi connectivity index (χ0) is 19.2. The number of amides is 2. The molecular formula is C16H25N3O7. The molecule has 10 nitrogen and oxygen atoms in total. The molecule has 2 bridgehead atoms. The van der Waals surface area contributed by atoms with Crippen LogP contribution in [0.2, 0.25) is 0 Å². The number of hydrogen-bond donors (Lipinski definition) is 5. The standard InChI is InChI=1S/C16H25N3O7/c1-10-3-6-26-16(13(22)17-15(10,24)12(21)18-16)11(20)14(2,23)9-19-4-7-25-8-5-19/h11,20,23-24H,1,3-9H2,2H3,(H,17,22)(H,18,21)/t11-,14-,15+,16-/m0/s1. The average Bonchev–Trinajstić information content (AvgIpc) is 2.58. The topological polar surface area (TPSA) is 141 Å². The summed E-state index contributed by atoms with van der Waals surface area (Å²) in [4.78, 5) is 26.9. The minimum Gasteiger partial charge on any atom is -0.386 e. The lowest BCUT2D eigenvalue weighted by molar-refractivity contribution is -0.228. The number of morpholine rings is 1. The van der Waals surface area contributed by atoms with Crippen LogP contribution in [0.15, 0.2) is 12.2 Å². The number of fused-ring (bicyclic) bond motifs is 5. The van der Waals surface area contributed by atoms with Gasteiger partial charge in [-0.2, -0.15) is 0 Å². The van der Waals surface area contributed by atoms with Crippen LogP contribution in [0, 0.1) is 0 Å². The van der Waals surface area contributed by atoms with Crippen LogP contribution in [-0.4, -0.2) is 94.6 Å². The molecule has 4 heterocycles. The number of aliphatic hydroxyl groups is 3. The first kappa shape index (κ1) is 19.2. The van der Waals surface area contributed by atoms with Crippen LogP contribution in [0.4, 0.5) is 0 Å². The minimum absolute atomic E-state index is 0.0444. The second-order valence-corrected chi connectivity index (χ2v) is 7.20. The number of hydrogen-bond acceptors (Lipinski definition) is 8. The van der Waals surface area contributed by atoms with Crippen molar-refractivity contribution in [3.8, 4) is 0 Å². The van der Waals surface area contributed by atoms with Crippen LogP contribution in [0.25, 0.3) is 0 Å². The van der Waals surface area contributed by atoms with Crippen LogP contribution >= 0.6 is 0 Å². The molecule has 4 aliphatic heterocycles. The fourth-order valence-electron chi connectivity index (χ4n) is 3.50. The van der Waals surface area contributed by atoms with E-state index in [2.05, 4.69) is 17.2 Å². The summed E-state index contributed by atoms with van der Waals surface area (Å²) in [5, 5.41) is 36.6. The maximum Gasteiger partial charge on any atom is 0.280 e. The summed E-state index contributed by atoms with van der Waals surface area (Å²) in [6, 6.07) is 0. The van der Waals surface area contributed by atoms with Gasteiger partial charge in [0.25, 0.3) is 17.5 Å². The van der Waals surface area contributed by atoms with Crippen molar-refractivity contribution in [1.29, 1.82) is 0 Å². The fourth-order valence-corrected chi connectivity index (χ4v) is 3.50. The number of piperazine rings is 1. The number of nitrogens with zero attached hydrogens (tertiary/aromatic N) is 1. The molecule has 0 saturated carbocycles. The smallest absolute Gasteiger partial charge is 0.280 e. The lowest BCUT2D eigenvalue weighted by Crippen LogP contribution is -2.82. The predicted molar refractivity (Wildman–Crippen MR) is 87.6 cm³/mol. The van der Waals surface area contributed by atoms with Gasteiger partial charge >= 0.3 is 0 Å². The Balaban J connectivity index is 1.86. The van der Waals surface area contributed by atoms with Gasteiger partial charge < -0.3 is 35.4 Å². The zero-order valence-corrected chi connectivity index (χ0v) is 14.7. The second-order valence-electron chi connectivity index (χ2n) is 7.20. The van der Waals surface area contributed by atoms with Crippen molar-refractivity contribution in [1.82, 2.24) is 15.5 Å². The Bertz CT molecular complexity index is 619. The van der Waals surface area contributed by atoms with Gasteiger partial charge in [0.15, 0.2) is 0 Å². The molecule has 0 aromatic heterocycles. The molecule has 10 heteroatoms. The van der Waals surface area contributed by atoms with Crippen molar-refractivity contribution in [2.45, 2.75) is 36.5 Å². The molecule has 146 valence electrons. The van der Waals surface area contributed by atoms with Gasteiger partial charge in [-0.05, 0) is 18.9 Å². The summed E-state index contributed by atoms with van der Waals surface area (Å²) >= 11 is 0. The predicted octanol–water partition coefficient (Wildman–Crippen LogP) is -2.96. The highest BCUT2D eigenvalue weighted by atomic mass is 16.5. The second kappa shape index (κ2) is 6.55. The number of aliphatic hydroxyl groups excluding tert-OH is 1. The first-order valence-corrected chi connectivity index (χ1v) is 8.52. The summed E-state index contributed by atoms with van der Waals surface area (Å²) in [7, 11) is 0. The molecule has 0 spiro atoms. The summed E-state index contributed by atoms with van der Waals surface area (Å²) in [5.41, 5.74) is -6.18. The quantitative estimate of drug-likeness (QED) is 0.330. The van der Waals surface area contributed by atoms with Crippen molar-refractivity contribution in [2.24, 2.45) is 0 Å². The van der Waals surface area contributed by atoms with Crippen LogP contribution in [0.3, 0.4) is 0 Å². The minimum atomic E-state index is -2.26. The largest absolute Gasteiger partial charge is 0.386 e. The number of carbonyl (C=O) groups excluding carboxylic acids is 2. The molecule has 26 heavy (non-hydrogen) atoms. The summed E-state index contributed by atoms with van der Waals surface area (Å²) in [6.07, 6.45) is -1.68. The highest BCUT2D eigenvalue weighted by Crippen LogP contribution is 2.33. The number of rotatable bonds is 4. The van der Waals surface area contributed by atoms with E-state index in [0.29, 0.717) is 26.3 Å². The highest BCUT2D eigenvalue weighted by Gasteiger charge is 2.63. The van der Waals surface area contributed by atoms with Crippen molar-refractivity contribution in [3.63, 3.8) is 0 Å².